The van der Waals surface area contributed by atoms with Crippen molar-refractivity contribution < 1.29 is 13.9 Å². The summed E-state index contributed by atoms with van der Waals surface area (Å²) in [6.07, 6.45) is 5.63. The van der Waals surface area contributed by atoms with Gasteiger partial charge in [0.25, 0.3) is 0 Å². The highest BCUT2D eigenvalue weighted by atomic mass is 19.1. The molecule has 2 heterocycles. The van der Waals surface area contributed by atoms with Crippen LogP contribution < -0.4 is 5.32 Å². The molecule has 4 rings (SSSR count). The Labute approximate surface area is 148 Å². The van der Waals surface area contributed by atoms with E-state index < -0.39 is 5.60 Å². The molecule has 25 heavy (non-hydrogen) atoms. The van der Waals surface area contributed by atoms with Crippen molar-refractivity contribution in [3.8, 4) is 0 Å². The summed E-state index contributed by atoms with van der Waals surface area (Å²) >= 11 is 0. The van der Waals surface area contributed by atoms with Crippen molar-refractivity contribution in [2.75, 3.05) is 27.2 Å². The minimum atomic E-state index is -0.747. The molecule has 5 heteroatoms. The van der Waals surface area contributed by atoms with Gasteiger partial charge in [-0.15, -0.1) is 0 Å². The van der Waals surface area contributed by atoms with Crippen molar-refractivity contribution in [2.24, 2.45) is 0 Å². The molecule has 4 nitrogen and oxygen atoms in total. The van der Waals surface area contributed by atoms with E-state index >= 15 is 4.39 Å². The van der Waals surface area contributed by atoms with Crippen LogP contribution in [-0.2, 0) is 10.3 Å². The van der Waals surface area contributed by atoms with Gasteiger partial charge in [-0.05, 0) is 76.5 Å². The number of carbonyl (C=O) groups excluding carboxylic acids is 1. The van der Waals surface area contributed by atoms with Crippen molar-refractivity contribution in [1.29, 1.82) is 0 Å². The summed E-state index contributed by atoms with van der Waals surface area (Å²) in [5.74, 6) is -0.261. The largest absolute Gasteiger partial charge is 0.450 e. The van der Waals surface area contributed by atoms with Crippen molar-refractivity contribution in [1.82, 2.24) is 10.2 Å². The smallest absolute Gasteiger partial charge is 0.339 e. The molecular weight excluding hydrogens is 319 g/mol. The minimum absolute atomic E-state index is 0.255. The summed E-state index contributed by atoms with van der Waals surface area (Å²) in [5.41, 5.74) is 1.19. The molecule has 136 valence electrons. The van der Waals surface area contributed by atoms with Gasteiger partial charge < -0.3 is 15.0 Å². The second-order valence-electron chi connectivity index (χ2n) is 8.03. The first-order chi connectivity index (χ1) is 12.0. The molecular formula is C20H27FN2O2. The molecule has 1 aliphatic carbocycles. The second-order valence-corrected chi connectivity index (χ2v) is 8.03. The zero-order chi connectivity index (χ0) is 17.6. The standard InChI is InChI=1S/C20H27FN2O2/c1-23(2)15-5-3-13(4-6-15)14-11-16-18(17(21)12-14)20(25-19(16)24)7-9-22-10-8-20/h11-13,15,22H,3-10H2,1-2H3/t13-,15+. The molecule has 2 fully saturated rings. The molecule has 0 atom stereocenters. The number of carbonyl (C=O) groups is 1. The first-order valence-corrected chi connectivity index (χ1v) is 9.44. The number of rotatable bonds is 2. The molecule has 1 N–H and O–H groups in total. The number of hydrogen-bond acceptors (Lipinski definition) is 4. The van der Waals surface area contributed by atoms with E-state index in [0.717, 1.165) is 44.3 Å². The lowest BCUT2D eigenvalue weighted by atomic mass is 9.78. The third-order valence-electron chi connectivity index (χ3n) is 6.39. The number of hydrogen-bond donors (Lipinski definition) is 1. The van der Waals surface area contributed by atoms with E-state index in [2.05, 4.69) is 24.3 Å². The van der Waals surface area contributed by atoms with Crippen molar-refractivity contribution in [3.05, 3.63) is 34.6 Å². The van der Waals surface area contributed by atoms with Crippen molar-refractivity contribution >= 4 is 5.97 Å². The first-order valence-electron chi connectivity index (χ1n) is 9.44. The van der Waals surface area contributed by atoms with Crippen LogP contribution in [0.5, 0.6) is 0 Å². The predicted octanol–water partition coefficient (Wildman–Crippen LogP) is 3.16. The van der Waals surface area contributed by atoms with Gasteiger partial charge in [0.1, 0.15) is 11.4 Å². The van der Waals surface area contributed by atoms with E-state index in [1.807, 2.05) is 6.07 Å². The van der Waals surface area contributed by atoms with E-state index in [1.165, 1.54) is 0 Å². The molecule has 0 bridgehead atoms. The Morgan fingerprint density at radius 2 is 1.84 bits per heavy atom. The van der Waals surface area contributed by atoms with Gasteiger partial charge in [-0.25, -0.2) is 9.18 Å². The van der Waals surface area contributed by atoms with Crippen LogP contribution in [0.2, 0.25) is 0 Å². The molecule has 0 unspecified atom stereocenters. The Kier molecular flexibility index (Phi) is 4.32. The summed E-state index contributed by atoms with van der Waals surface area (Å²) < 4.78 is 20.8. The Morgan fingerprint density at radius 3 is 2.48 bits per heavy atom. The molecule has 2 aliphatic heterocycles. The van der Waals surface area contributed by atoms with Gasteiger partial charge in [0.2, 0.25) is 0 Å². The average molecular weight is 346 g/mol. The zero-order valence-corrected chi connectivity index (χ0v) is 15.1. The maximum atomic E-state index is 15.1. The van der Waals surface area contributed by atoms with Gasteiger partial charge in [0, 0.05) is 24.4 Å². The molecule has 0 amide bonds. The molecule has 1 saturated carbocycles. The molecule has 1 aromatic carbocycles. The van der Waals surface area contributed by atoms with Crippen LogP contribution in [0, 0.1) is 5.82 Å². The van der Waals surface area contributed by atoms with Gasteiger partial charge in [-0.3, -0.25) is 0 Å². The Morgan fingerprint density at radius 1 is 1.16 bits per heavy atom. The highest BCUT2D eigenvalue weighted by Gasteiger charge is 2.48. The lowest BCUT2D eigenvalue weighted by Gasteiger charge is -2.34. The summed E-state index contributed by atoms with van der Waals surface area (Å²) in [5, 5.41) is 3.26. The van der Waals surface area contributed by atoms with Crippen LogP contribution in [0.3, 0.4) is 0 Å². The monoisotopic (exact) mass is 346 g/mol. The maximum absolute atomic E-state index is 15.1. The van der Waals surface area contributed by atoms with Gasteiger partial charge in [-0.2, -0.15) is 0 Å². The Balaban J connectivity index is 1.62. The van der Waals surface area contributed by atoms with Gasteiger partial charge in [0.05, 0.1) is 5.56 Å². The first kappa shape index (κ1) is 17.0. The number of esters is 1. The normalized spacial score (nSPS) is 28.2. The van der Waals surface area contributed by atoms with Crippen LogP contribution in [0.25, 0.3) is 0 Å². The van der Waals surface area contributed by atoms with Crippen LogP contribution in [-0.4, -0.2) is 44.1 Å². The molecule has 0 radical (unpaired) electrons. The summed E-state index contributed by atoms with van der Waals surface area (Å²) in [4.78, 5) is 14.7. The lowest BCUT2D eigenvalue weighted by Crippen LogP contribution is -2.40. The fraction of sp³-hybridized carbons (Fsp3) is 0.650. The molecule has 3 aliphatic rings. The van der Waals surface area contributed by atoms with E-state index in [1.54, 1.807) is 6.07 Å². The summed E-state index contributed by atoms with van der Waals surface area (Å²) in [6.45, 7) is 1.50. The molecule has 1 aromatic rings. The minimum Gasteiger partial charge on any atom is -0.450 e. The predicted molar refractivity (Wildman–Crippen MR) is 94.3 cm³/mol. The van der Waals surface area contributed by atoms with Crippen LogP contribution >= 0.6 is 0 Å². The molecule has 0 aromatic heterocycles. The van der Waals surface area contributed by atoms with Crippen LogP contribution in [0.1, 0.15) is 65.9 Å². The molecule has 1 saturated heterocycles. The van der Waals surface area contributed by atoms with Gasteiger partial charge in [0.15, 0.2) is 0 Å². The highest BCUT2D eigenvalue weighted by Crippen LogP contribution is 2.46. The second kappa shape index (κ2) is 6.36. The van der Waals surface area contributed by atoms with Crippen LogP contribution in [0.15, 0.2) is 12.1 Å². The summed E-state index contributed by atoms with van der Waals surface area (Å²) in [6, 6.07) is 4.20. The topological polar surface area (TPSA) is 41.6 Å². The van der Waals surface area contributed by atoms with E-state index in [9.17, 15) is 4.79 Å². The Hall–Kier alpha value is -1.46. The number of benzene rings is 1. The number of nitrogens with zero attached hydrogens (tertiary/aromatic N) is 1. The third-order valence-corrected chi connectivity index (χ3v) is 6.39. The number of fused-ring (bicyclic) bond motifs is 2. The highest BCUT2D eigenvalue weighted by molar-refractivity contribution is 5.95. The third kappa shape index (κ3) is 2.87. The number of nitrogens with one attached hydrogen (secondary N) is 1. The van der Waals surface area contributed by atoms with Gasteiger partial charge >= 0.3 is 5.97 Å². The lowest BCUT2D eigenvalue weighted by molar-refractivity contribution is -0.0255. The van der Waals surface area contributed by atoms with E-state index in [0.29, 0.717) is 35.9 Å². The van der Waals surface area contributed by atoms with E-state index in [4.69, 9.17) is 4.74 Å². The van der Waals surface area contributed by atoms with Crippen LogP contribution in [0.4, 0.5) is 4.39 Å². The fourth-order valence-corrected chi connectivity index (χ4v) is 4.88. The van der Waals surface area contributed by atoms with Crippen molar-refractivity contribution in [3.63, 3.8) is 0 Å². The Bertz CT molecular complexity index is 675. The molecule has 1 spiro atoms. The number of piperidine rings is 1. The van der Waals surface area contributed by atoms with E-state index in [-0.39, 0.29) is 11.8 Å². The average Bonchev–Trinajstić information content (AvgIpc) is 2.87. The fourth-order valence-electron chi connectivity index (χ4n) is 4.88. The maximum Gasteiger partial charge on any atom is 0.339 e. The zero-order valence-electron chi connectivity index (χ0n) is 15.1. The quantitative estimate of drug-likeness (QED) is 0.835. The number of halogens is 1. The SMILES string of the molecule is CN(C)[C@H]1CC[C@@H](c2cc(F)c3c(c2)C(=O)OC32CCNCC2)CC1. The van der Waals surface area contributed by atoms with Crippen molar-refractivity contribution in [2.45, 2.75) is 56.1 Å². The number of ether oxygens (including phenoxy) is 1. The van der Waals surface area contributed by atoms with Gasteiger partial charge in [-0.1, -0.05) is 0 Å². The summed E-state index contributed by atoms with van der Waals surface area (Å²) in [7, 11) is 4.24.